The van der Waals surface area contributed by atoms with Gasteiger partial charge in [-0.2, -0.15) is 0 Å². The number of rotatable bonds is 2. The van der Waals surface area contributed by atoms with Crippen molar-refractivity contribution in [2.75, 3.05) is 13.2 Å². The highest BCUT2D eigenvalue weighted by molar-refractivity contribution is 9.10. The van der Waals surface area contributed by atoms with Crippen LogP contribution in [0.3, 0.4) is 0 Å². The van der Waals surface area contributed by atoms with Crippen LogP contribution in [-0.2, 0) is 16.0 Å². The van der Waals surface area contributed by atoms with Crippen LogP contribution in [-0.4, -0.2) is 29.9 Å². The second-order valence-electron chi connectivity index (χ2n) is 6.02. The van der Waals surface area contributed by atoms with Crippen LogP contribution in [0.5, 0.6) is 0 Å². The van der Waals surface area contributed by atoms with E-state index in [9.17, 15) is 4.79 Å². The molecule has 1 aromatic rings. The molecule has 0 unspecified atom stereocenters. The molecule has 0 saturated carbocycles. The highest BCUT2D eigenvalue weighted by atomic mass is 79.9. The summed E-state index contributed by atoms with van der Waals surface area (Å²) >= 11 is 3.24. The van der Waals surface area contributed by atoms with E-state index in [4.69, 9.17) is 9.47 Å². The number of carbonyl (C=O) groups is 1. The van der Waals surface area contributed by atoms with Crippen LogP contribution >= 0.6 is 15.9 Å². The first-order chi connectivity index (χ1) is 10.4. The Morgan fingerprint density at radius 1 is 1.32 bits per heavy atom. The fraction of sp³-hybridized carbons (Fsp3) is 0.625. The molecule has 0 bridgehead atoms. The van der Waals surface area contributed by atoms with E-state index in [0.717, 1.165) is 23.4 Å². The van der Waals surface area contributed by atoms with Gasteiger partial charge in [-0.05, 0) is 67.6 Å². The van der Waals surface area contributed by atoms with E-state index in [-0.39, 0.29) is 0 Å². The monoisotopic (exact) mass is 372 g/mol. The molecule has 1 N–H and O–H groups in total. The van der Waals surface area contributed by atoms with Gasteiger partial charge in [0.05, 0.1) is 0 Å². The number of alkyl carbamates (subject to hydrolysis) is 1. The highest BCUT2D eigenvalue weighted by Crippen LogP contribution is 2.08. The van der Waals surface area contributed by atoms with Gasteiger partial charge >= 0.3 is 6.09 Å². The van der Waals surface area contributed by atoms with Crippen molar-refractivity contribution < 1.29 is 14.3 Å². The van der Waals surface area contributed by atoms with E-state index in [0.29, 0.717) is 6.54 Å². The Labute approximate surface area is 140 Å². The van der Waals surface area contributed by atoms with E-state index < -0.39 is 11.7 Å². The third kappa shape index (κ3) is 9.73. The molecule has 1 aliphatic heterocycles. The van der Waals surface area contributed by atoms with E-state index >= 15 is 0 Å². The molecular formula is C16H25BrN2O3. The summed E-state index contributed by atoms with van der Waals surface area (Å²) in [5, 5.41) is 2.66. The Bertz CT molecular complexity index is 428. The summed E-state index contributed by atoms with van der Waals surface area (Å²) in [6, 6.07) is 3.71. The molecule has 6 heteroatoms. The second-order valence-corrected chi connectivity index (χ2v) is 6.83. The third-order valence-corrected chi connectivity index (χ3v) is 3.17. The summed E-state index contributed by atoms with van der Waals surface area (Å²) in [6.45, 7) is 7.89. The van der Waals surface area contributed by atoms with Gasteiger partial charge in [-0.15, -0.1) is 0 Å². The van der Waals surface area contributed by atoms with Gasteiger partial charge < -0.3 is 14.8 Å². The predicted octanol–water partition coefficient (Wildman–Crippen LogP) is 4.06. The first-order valence-corrected chi connectivity index (χ1v) is 8.31. The normalized spacial score (nSPS) is 14.5. The number of nitrogens with zero attached hydrogens (tertiary/aromatic N) is 1. The predicted molar refractivity (Wildman–Crippen MR) is 89.7 cm³/mol. The lowest BCUT2D eigenvalue weighted by atomic mass is 10.2. The third-order valence-electron chi connectivity index (χ3n) is 2.70. The number of nitrogens with one attached hydrogen (secondary N) is 1. The zero-order valence-electron chi connectivity index (χ0n) is 13.5. The molecule has 1 amide bonds. The molecule has 2 heterocycles. The Kier molecular flexibility index (Phi) is 8.42. The fourth-order valence-electron chi connectivity index (χ4n) is 1.69. The second kappa shape index (κ2) is 9.79. The van der Waals surface area contributed by atoms with E-state index in [1.54, 1.807) is 6.20 Å². The highest BCUT2D eigenvalue weighted by Gasteiger charge is 2.15. The Morgan fingerprint density at radius 3 is 2.41 bits per heavy atom. The van der Waals surface area contributed by atoms with Crippen molar-refractivity contribution >= 4 is 22.0 Å². The molecule has 124 valence electrons. The first kappa shape index (κ1) is 18.9. The topological polar surface area (TPSA) is 60.5 Å². The number of aromatic nitrogens is 1. The van der Waals surface area contributed by atoms with Gasteiger partial charge in [-0.25, -0.2) is 9.78 Å². The Balaban J connectivity index is 0.000000335. The van der Waals surface area contributed by atoms with Crippen LogP contribution < -0.4 is 5.32 Å². The number of carbonyl (C=O) groups excluding carboxylic acids is 1. The number of pyridine rings is 1. The minimum absolute atomic E-state index is 0.412. The van der Waals surface area contributed by atoms with E-state index in [1.165, 1.54) is 19.3 Å². The fourth-order valence-corrected chi connectivity index (χ4v) is 1.92. The van der Waals surface area contributed by atoms with Gasteiger partial charge in [0, 0.05) is 26.0 Å². The van der Waals surface area contributed by atoms with Gasteiger partial charge in [0.2, 0.25) is 0 Å². The molecule has 1 saturated heterocycles. The average molecular weight is 373 g/mol. The zero-order chi connectivity index (χ0) is 16.4. The minimum atomic E-state index is -0.470. The average Bonchev–Trinajstić information content (AvgIpc) is 2.47. The molecule has 0 atom stereocenters. The maximum absolute atomic E-state index is 11.3. The van der Waals surface area contributed by atoms with Crippen molar-refractivity contribution in [2.45, 2.75) is 52.2 Å². The van der Waals surface area contributed by atoms with Gasteiger partial charge in [0.1, 0.15) is 10.2 Å². The molecule has 1 aromatic heterocycles. The molecule has 2 rings (SSSR count). The molecule has 0 aliphatic carbocycles. The standard InChI is InChI=1S/C11H15BrN2O2.C5H10O/c1-11(2,3)16-10(15)14-7-8-4-5-9(12)13-6-8;1-2-4-6-5-3-1/h4-6H,7H2,1-3H3,(H,14,15);1-5H2. The van der Waals surface area contributed by atoms with Gasteiger partial charge in [-0.1, -0.05) is 6.07 Å². The molecule has 0 spiro atoms. The lowest BCUT2D eigenvalue weighted by Gasteiger charge is -2.19. The smallest absolute Gasteiger partial charge is 0.407 e. The lowest BCUT2D eigenvalue weighted by molar-refractivity contribution is 0.0523. The summed E-state index contributed by atoms with van der Waals surface area (Å²) in [7, 11) is 0. The number of hydrogen-bond acceptors (Lipinski definition) is 4. The number of halogens is 1. The quantitative estimate of drug-likeness (QED) is 0.795. The summed E-state index contributed by atoms with van der Waals surface area (Å²) in [6.07, 6.45) is 5.21. The minimum Gasteiger partial charge on any atom is -0.444 e. The summed E-state index contributed by atoms with van der Waals surface area (Å²) in [5.74, 6) is 0. The van der Waals surface area contributed by atoms with Crippen molar-refractivity contribution in [1.82, 2.24) is 10.3 Å². The zero-order valence-corrected chi connectivity index (χ0v) is 15.1. The summed E-state index contributed by atoms with van der Waals surface area (Å²) in [5.41, 5.74) is 0.455. The van der Waals surface area contributed by atoms with E-state index in [2.05, 4.69) is 26.2 Å². The number of amides is 1. The maximum Gasteiger partial charge on any atom is 0.407 e. The lowest BCUT2D eigenvalue weighted by Crippen LogP contribution is -2.32. The van der Waals surface area contributed by atoms with Crippen molar-refractivity contribution in [1.29, 1.82) is 0 Å². The Morgan fingerprint density at radius 2 is 2.00 bits per heavy atom. The number of hydrogen-bond donors (Lipinski definition) is 1. The largest absolute Gasteiger partial charge is 0.444 e. The van der Waals surface area contributed by atoms with Crippen LogP contribution in [0.4, 0.5) is 4.79 Å². The van der Waals surface area contributed by atoms with Gasteiger partial charge in [-0.3, -0.25) is 0 Å². The molecule has 0 radical (unpaired) electrons. The number of ether oxygens (including phenoxy) is 2. The molecule has 5 nitrogen and oxygen atoms in total. The first-order valence-electron chi connectivity index (χ1n) is 7.52. The van der Waals surface area contributed by atoms with Crippen molar-refractivity contribution in [3.8, 4) is 0 Å². The van der Waals surface area contributed by atoms with Crippen LogP contribution in [0.25, 0.3) is 0 Å². The van der Waals surface area contributed by atoms with Crippen LogP contribution in [0.15, 0.2) is 22.9 Å². The van der Waals surface area contributed by atoms with Gasteiger partial charge in [0.25, 0.3) is 0 Å². The van der Waals surface area contributed by atoms with Crippen LogP contribution in [0, 0.1) is 0 Å². The van der Waals surface area contributed by atoms with Crippen molar-refractivity contribution in [2.24, 2.45) is 0 Å². The van der Waals surface area contributed by atoms with Crippen molar-refractivity contribution in [3.05, 3.63) is 28.5 Å². The van der Waals surface area contributed by atoms with Crippen LogP contribution in [0.1, 0.15) is 45.6 Å². The summed E-state index contributed by atoms with van der Waals surface area (Å²) in [4.78, 5) is 15.4. The van der Waals surface area contributed by atoms with Crippen LogP contribution in [0.2, 0.25) is 0 Å². The SMILES string of the molecule is C1CCOCC1.CC(C)(C)OC(=O)NCc1ccc(Br)nc1. The maximum atomic E-state index is 11.3. The molecular weight excluding hydrogens is 348 g/mol. The molecule has 1 fully saturated rings. The molecule has 22 heavy (non-hydrogen) atoms. The summed E-state index contributed by atoms with van der Waals surface area (Å²) < 4.78 is 10.9. The van der Waals surface area contributed by atoms with Gasteiger partial charge in [0.15, 0.2) is 0 Å². The van der Waals surface area contributed by atoms with Crippen molar-refractivity contribution in [3.63, 3.8) is 0 Å². The van der Waals surface area contributed by atoms with E-state index in [1.807, 2.05) is 32.9 Å². The molecule has 1 aliphatic rings. The Hall–Kier alpha value is -1.14. The molecule has 0 aromatic carbocycles.